The number of carbonyl (C=O) groups is 1. The van der Waals surface area contributed by atoms with Gasteiger partial charge in [-0.1, -0.05) is 30.3 Å². The number of morpholine rings is 1. The van der Waals surface area contributed by atoms with Crippen LogP contribution in [-0.2, 0) is 16.1 Å². The first kappa shape index (κ1) is 21.1. The number of amides is 1. The van der Waals surface area contributed by atoms with Crippen molar-refractivity contribution in [3.05, 3.63) is 60.2 Å². The van der Waals surface area contributed by atoms with Gasteiger partial charge in [-0.25, -0.2) is 0 Å². The topological polar surface area (TPSA) is 60.0 Å². The molecule has 1 fully saturated rings. The van der Waals surface area contributed by atoms with Crippen LogP contribution >= 0.6 is 0 Å². The Kier molecular flexibility index (Phi) is 7.49. The lowest BCUT2D eigenvalue weighted by Crippen LogP contribution is -2.55. The molecule has 0 saturated carbocycles. The van der Waals surface area contributed by atoms with Crippen LogP contribution in [0.25, 0.3) is 0 Å². The van der Waals surface area contributed by atoms with E-state index in [0.29, 0.717) is 18.9 Å². The first-order chi connectivity index (χ1) is 14.0. The molecule has 0 bridgehead atoms. The molecule has 0 aromatic heterocycles. The SMILES string of the molecule is CC(C)(CNC(=O)COc1ccc(OCc2ccccc2)cc1)N1CCOCC1. The van der Waals surface area contributed by atoms with Crippen molar-refractivity contribution < 1.29 is 19.0 Å². The van der Waals surface area contributed by atoms with Crippen LogP contribution in [0.4, 0.5) is 0 Å². The molecule has 2 aromatic rings. The van der Waals surface area contributed by atoms with E-state index in [4.69, 9.17) is 14.2 Å². The van der Waals surface area contributed by atoms with Crippen LogP contribution < -0.4 is 14.8 Å². The number of rotatable bonds is 9. The molecule has 29 heavy (non-hydrogen) atoms. The minimum atomic E-state index is -0.129. The summed E-state index contributed by atoms with van der Waals surface area (Å²) in [6.07, 6.45) is 0. The molecule has 1 aliphatic heterocycles. The van der Waals surface area contributed by atoms with Gasteiger partial charge >= 0.3 is 0 Å². The van der Waals surface area contributed by atoms with Gasteiger partial charge in [0.05, 0.1) is 13.2 Å². The van der Waals surface area contributed by atoms with Crippen molar-refractivity contribution in [3.8, 4) is 11.5 Å². The summed E-state index contributed by atoms with van der Waals surface area (Å²) in [5.41, 5.74) is 1.00. The molecule has 0 unspecified atom stereocenters. The van der Waals surface area contributed by atoms with E-state index in [2.05, 4.69) is 24.1 Å². The third-order valence-electron chi connectivity index (χ3n) is 5.03. The molecule has 1 heterocycles. The maximum absolute atomic E-state index is 12.2. The van der Waals surface area contributed by atoms with Crippen molar-refractivity contribution in [1.29, 1.82) is 0 Å². The molecule has 6 heteroatoms. The molecule has 1 amide bonds. The highest BCUT2D eigenvalue weighted by molar-refractivity contribution is 5.77. The highest BCUT2D eigenvalue weighted by Gasteiger charge is 2.28. The molecule has 0 radical (unpaired) electrons. The number of nitrogens with zero attached hydrogens (tertiary/aromatic N) is 1. The summed E-state index contributed by atoms with van der Waals surface area (Å²) in [6.45, 7) is 8.60. The van der Waals surface area contributed by atoms with Gasteiger partial charge in [0, 0.05) is 25.2 Å². The Morgan fingerprint density at radius 3 is 2.28 bits per heavy atom. The predicted octanol–water partition coefficient (Wildman–Crippen LogP) is 2.87. The van der Waals surface area contributed by atoms with Crippen LogP contribution in [0.2, 0.25) is 0 Å². The van der Waals surface area contributed by atoms with Crippen LogP contribution in [0, 0.1) is 0 Å². The molecule has 1 N–H and O–H groups in total. The van der Waals surface area contributed by atoms with Crippen molar-refractivity contribution in [2.45, 2.75) is 26.0 Å². The van der Waals surface area contributed by atoms with E-state index < -0.39 is 0 Å². The van der Waals surface area contributed by atoms with Crippen molar-refractivity contribution in [2.24, 2.45) is 0 Å². The summed E-state index contributed by atoms with van der Waals surface area (Å²) in [4.78, 5) is 14.5. The lowest BCUT2D eigenvalue weighted by atomic mass is 10.0. The Bertz CT molecular complexity index is 756. The van der Waals surface area contributed by atoms with E-state index in [1.54, 1.807) is 0 Å². The smallest absolute Gasteiger partial charge is 0.258 e. The molecular weight excluding hydrogens is 368 g/mol. The fourth-order valence-corrected chi connectivity index (χ4v) is 3.17. The van der Waals surface area contributed by atoms with E-state index in [9.17, 15) is 4.79 Å². The van der Waals surface area contributed by atoms with Gasteiger partial charge in [0.1, 0.15) is 18.1 Å². The molecule has 1 aliphatic rings. The minimum absolute atomic E-state index is 0.0105. The highest BCUT2D eigenvalue weighted by Crippen LogP contribution is 2.19. The summed E-state index contributed by atoms with van der Waals surface area (Å²) >= 11 is 0. The van der Waals surface area contributed by atoms with E-state index >= 15 is 0 Å². The molecule has 2 aromatic carbocycles. The van der Waals surface area contributed by atoms with Crippen LogP contribution in [0.1, 0.15) is 19.4 Å². The quantitative estimate of drug-likeness (QED) is 0.704. The van der Waals surface area contributed by atoms with Gasteiger partial charge in [0.25, 0.3) is 5.91 Å². The lowest BCUT2D eigenvalue weighted by Gasteiger charge is -2.40. The lowest BCUT2D eigenvalue weighted by molar-refractivity contribution is -0.123. The summed E-state index contributed by atoms with van der Waals surface area (Å²) in [5.74, 6) is 1.27. The summed E-state index contributed by atoms with van der Waals surface area (Å²) in [5, 5.41) is 2.97. The third kappa shape index (κ3) is 6.76. The van der Waals surface area contributed by atoms with Gasteiger partial charge in [0.2, 0.25) is 0 Å². The van der Waals surface area contributed by atoms with Gasteiger partial charge in [0.15, 0.2) is 6.61 Å². The molecular formula is C23H30N2O4. The number of ether oxygens (including phenoxy) is 3. The van der Waals surface area contributed by atoms with E-state index in [-0.39, 0.29) is 18.1 Å². The molecule has 0 spiro atoms. The van der Waals surface area contributed by atoms with E-state index in [0.717, 1.165) is 37.6 Å². The Balaban J connectivity index is 1.38. The summed E-state index contributed by atoms with van der Waals surface area (Å²) < 4.78 is 16.7. The Morgan fingerprint density at radius 2 is 1.62 bits per heavy atom. The number of hydrogen-bond donors (Lipinski definition) is 1. The average molecular weight is 399 g/mol. The van der Waals surface area contributed by atoms with Gasteiger partial charge in [-0.3, -0.25) is 9.69 Å². The summed E-state index contributed by atoms with van der Waals surface area (Å²) in [7, 11) is 0. The molecule has 6 nitrogen and oxygen atoms in total. The minimum Gasteiger partial charge on any atom is -0.489 e. The molecule has 0 aliphatic carbocycles. The number of carbonyl (C=O) groups excluding carboxylic acids is 1. The fraction of sp³-hybridized carbons (Fsp3) is 0.435. The van der Waals surface area contributed by atoms with Crippen LogP contribution in [0.15, 0.2) is 54.6 Å². The normalized spacial score (nSPS) is 15.0. The Labute approximate surface area is 172 Å². The second-order valence-corrected chi connectivity index (χ2v) is 7.72. The van der Waals surface area contributed by atoms with Gasteiger partial charge < -0.3 is 19.5 Å². The summed E-state index contributed by atoms with van der Waals surface area (Å²) in [6, 6.07) is 17.3. The number of benzene rings is 2. The second kappa shape index (κ2) is 10.3. The zero-order valence-corrected chi connectivity index (χ0v) is 17.2. The van der Waals surface area contributed by atoms with Crippen LogP contribution in [0.3, 0.4) is 0 Å². The fourth-order valence-electron chi connectivity index (χ4n) is 3.17. The monoisotopic (exact) mass is 398 g/mol. The van der Waals surface area contributed by atoms with Crippen LogP contribution in [0.5, 0.6) is 11.5 Å². The van der Waals surface area contributed by atoms with Crippen molar-refractivity contribution >= 4 is 5.91 Å². The van der Waals surface area contributed by atoms with Crippen molar-refractivity contribution in [1.82, 2.24) is 10.2 Å². The van der Waals surface area contributed by atoms with E-state index in [1.807, 2.05) is 54.6 Å². The van der Waals surface area contributed by atoms with Crippen molar-refractivity contribution in [3.63, 3.8) is 0 Å². The van der Waals surface area contributed by atoms with Crippen LogP contribution in [-0.4, -0.2) is 55.8 Å². The average Bonchev–Trinajstić information content (AvgIpc) is 2.77. The molecule has 3 rings (SSSR count). The Morgan fingerprint density at radius 1 is 1.00 bits per heavy atom. The van der Waals surface area contributed by atoms with Crippen molar-refractivity contribution in [2.75, 3.05) is 39.5 Å². The van der Waals surface area contributed by atoms with Gasteiger partial charge in [-0.2, -0.15) is 0 Å². The molecule has 0 atom stereocenters. The van der Waals surface area contributed by atoms with Gasteiger partial charge in [-0.05, 0) is 43.7 Å². The van der Waals surface area contributed by atoms with E-state index in [1.165, 1.54) is 0 Å². The third-order valence-corrected chi connectivity index (χ3v) is 5.03. The standard InChI is InChI=1S/C23H30N2O4/c1-23(2,25-12-14-27-15-13-25)18-24-22(26)17-29-21-10-8-20(9-11-21)28-16-19-6-4-3-5-7-19/h3-11H,12-18H2,1-2H3,(H,24,26). The number of hydrogen-bond acceptors (Lipinski definition) is 5. The first-order valence-electron chi connectivity index (χ1n) is 10.0. The zero-order valence-electron chi connectivity index (χ0n) is 17.2. The highest BCUT2D eigenvalue weighted by atomic mass is 16.5. The van der Waals surface area contributed by atoms with Gasteiger partial charge in [-0.15, -0.1) is 0 Å². The maximum Gasteiger partial charge on any atom is 0.258 e. The Hall–Kier alpha value is -2.57. The molecule has 1 saturated heterocycles. The maximum atomic E-state index is 12.2. The predicted molar refractivity (Wildman–Crippen MR) is 112 cm³/mol. The first-order valence-corrected chi connectivity index (χ1v) is 10.0. The second-order valence-electron chi connectivity index (χ2n) is 7.72. The largest absolute Gasteiger partial charge is 0.489 e. The number of nitrogens with one attached hydrogen (secondary N) is 1. The zero-order chi connectivity index (χ0) is 20.5. The molecule has 156 valence electrons.